The number of nitrogens with zero attached hydrogens (tertiary/aromatic N) is 1. The molecule has 194 valence electrons. The van der Waals surface area contributed by atoms with Crippen molar-refractivity contribution in [2.24, 2.45) is 5.10 Å². The van der Waals surface area contributed by atoms with Crippen LogP contribution in [-0.2, 0) is 6.61 Å². The molecule has 9 heteroatoms. The molecule has 0 heterocycles. The van der Waals surface area contributed by atoms with E-state index in [1.165, 1.54) is 6.21 Å². The average Bonchev–Trinajstić information content (AvgIpc) is 2.88. The highest BCUT2D eigenvalue weighted by molar-refractivity contribution is 6.35. The fourth-order valence-corrected chi connectivity index (χ4v) is 3.67. The minimum Gasteiger partial charge on any atom is -0.490 e. The zero-order chi connectivity index (χ0) is 26.6. The van der Waals surface area contributed by atoms with E-state index in [0.717, 1.165) is 5.56 Å². The van der Waals surface area contributed by atoms with E-state index < -0.39 is 5.91 Å². The van der Waals surface area contributed by atoms with Crippen molar-refractivity contribution in [3.8, 4) is 23.0 Å². The first-order valence-electron chi connectivity index (χ1n) is 11.6. The second kappa shape index (κ2) is 14.2. The van der Waals surface area contributed by atoms with Gasteiger partial charge in [0.05, 0.1) is 19.4 Å². The van der Waals surface area contributed by atoms with Crippen LogP contribution < -0.4 is 24.4 Å². The Morgan fingerprint density at radius 1 is 0.892 bits per heavy atom. The predicted molar refractivity (Wildman–Crippen MR) is 147 cm³/mol. The molecular weight excluding hydrogens is 515 g/mol. The number of carbonyl (C=O) groups excluding carboxylic acids is 1. The smallest absolute Gasteiger partial charge is 0.271 e. The van der Waals surface area contributed by atoms with Crippen LogP contribution in [0.1, 0.15) is 35.3 Å². The van der Waals surface area contributed by atoms with Gasteiger partial charge in [-0.3, -0.25) is 4.79 Å². The number of carbonyl (C=O) groups is 1. The largest absolute Gasteiger partial charge is 0.490 e. The lowest BCUT2D eigenvalue weighted by Crippen LogP contribution is -2.17. The quantitative estimate of drug-likeness (QED) is 0.148. The summed E-state index contributed by atoms with van der Waals surface area (Å²) in [5, 5.41) is 5.16. The number of ether oxygens (including phenoxy) is 4. The van der Waals surface area contributed by atoms with E-state index >= 15 is 0 Å². The Morgan fingerprint density at radius 2 is 1.59 bits per heavy atom. The molecule has 0 bridgehead atoms. The number of rotatable bonds is 13. The predicted octanol–water partition coefficient (Wildman–Crippen LogP) is 6.70. The van der Waals surface area contributed by atoms with Gasteiger partial charge in [0.1, 0.15) is 13.2 Å². The third-order valence-electron chi connectivity index (χ3n) is 4.91. The Labute approximate surface area is 226 Å². The van der Waals surface area contributed by atoms with Crippen molar-refractivity contribution in [1.82, 2.24) is 5.43 Å². The maximum Gasteiger partial charge on any atom is 0.271 e. The number of amides is 1. The van der Waals surface area contributed by atoms with Crippen LogP contribution in [0.2, 0.25) is 10.0 Å². The van der Waals surface area contributed by atoms with E-state index in [9.17, 15) is 4.79 Å². The summed E-state index contributed by atoms with van der Waals surface area (Å²) in [6.07, 6.45) is 3.15. The molecule has 0 aromatic heterocycles. The SMILES string of the molecule is C=CCOc1ccc(C(=O)N/N=C/c2ccc(OCc3ccc(Cl)cc3Cl)c(OCC)c2)cc1OCC. The van der Waals surface area contributed by atoms with Crippen LogP contribution in [0.3, 0.4) is 0 Å². The van der Waals surface area contributed by atoms with Gasteiger partial charge in [0, 0.05) is 21.2 Å². The molecule has 1 N–H and O–H groups in total. The van der Waals surface area contributed by atoms with E-state index in [1.807, 2.05) is 19.9 Å². The topological polar surface area (TPSA) is 78.4 Å². The molecule has 0 spiro atoms. The second-order valence-corrected chi connectivity index (χ2v) is 8.40. The summed E-state index contributed by atoms with van der Waals surface area (Å²) in [7, 11) is 0. The molecule has 0 aliphatic carbocycles. The summed E-state index contributed by atoms with van der Waals surface area (Å²) >= 11 is 12.2. The molecule has 3 rings (SSSR count). The van der Waals surface area contributed by atoms with E-state index in [1.54, 1.807) is 54.6 Å². The lowest BCUT2D eigenvalue weighted by atomic mass is 10.2. The van der Waals surface area contributed by atoms with Crippen LogP contribution in [0, 0.1) is 0 Å². The summed E-state index contributed by atoms with van der Waals surface area (Å²) < 4.78 is 22.8. The zero-order valence-electron chi connectivity index (χ0n) is 20.6. The monoisotopic (exact) mass is 542 g/mol. The number of benzene rings is 3. The summed E-state index contributed by atoms with van der Waals surface area (Å²) in [5.41, 5.74) is 4.42. The van der Waals surface area contributed by atoms with Gasteiger partial charge in [0.15, 0.2) is 23.0 Å². The molecule has 0 saturated heterocycles. The van der Waals surface area contributed by atoms with Crippen molar-refractivity contribution in [3.05, 3.63) is 94.0 Å². The maximum atomic E-state index is 12.6. The van der Waals surface area contributed by atoms with Crippen molar-refractivity contribution >= 4 is 35.3 Å². The third kappa shape index (κ3) is 8.17. The van der Waals surface area contributed by atoms with Gasteiger partial charge in [-0.05, 0) is 67.9 Å². The normalized spacial score (nSPS) is 10.7. The van der Waals surface area contributed by atoms with Crippen molar-refractivity contribution in [1.29, 1.82) is 0 Å². The molecule has 0 unspecified atom stereocenters. The van der Waals surface area contributed by atoms with Crippen molar-refractivity contribution < 1.29 is 23.7 Å². The highest BCUT2D eigenvalue weighted by Crippen LogP contribution is 2.31. The molecule has 0 atom stereocenters. The van der Waals surface area contributed by atoms with E-state index in [-0.39, 0.29) is 6.61 Å². The van der Waals surface area contributed by atoms with Crippen molar-refractivity contribution in [2.75, 3.05) is 19.8 Å². The Hall–Kier alpha value is -3.68. The Bertz CT molecular complexity index is 1260. The van der Waals surface area contributed by atoms with Crippen LogP contribution in [-0.4, -0.2) is 31.9 Å². The van der Waals surface area contributed by atoms with Crippen LogP contribution in [0.4, 0.5) is 0 Å². The molecule has 1 amide bonds. The maximum absolute atomic E-state index is 12.6. The minimum absolute atomic E-state index is 0.251. The Morgan fingerprint density at radius 3 is 2.30 bits per heavy atom. The lowest BCUT2D eigenvalue weighted by molar-refractivity contribution is 0.0954. The van der Waals surface area contributed by atoms with E-state index in [2.05, 4.69) is 17.1 Å². The number of nitrogens with one attached hydrogen (secondary N) is 1. The first kappa shape index (κ1) is 27.9. The van der Waals surface area contributed by atoms with Gasteiger partial charge < -0.3 is 18.9 Å². The van der Waals surface area contributed by atoms with Gasteiger partial charge >= 0.3 is 0 Å². The summed E-state index contributed by atoms with van der Waals surface area (Å²) in [6.45, 7) is 8.83. The molecule has 0 saturated carbocycles. The number of halogens is 2. The number of hydrogen-bond acceptors (Lipinski definition) is 6. The fraction of sp³-hybridized carbons (Fsp3) is 0.214. The highest BCUT2D eigenvalue weighted by atomic mass is 35.5. The highest BCUT2D eigenvalue weighted by Gasteiger charge is 2.12. The molecule has 37 heavy (non-hydrogen) atoms. The van der Waals surface area contributed by atoms with Gasteiger partial charge in [-0.2, -0.15) is 5.10 Å². The van der Waals surface area contributed by atoms with Crippen molar-refractivity contribution in [3.63, 3.8) is 0 Å². The standard InChI is InChI=1S/C28H28Cl2N2O5/c1-4-13-36-24-12-9-20(15-27(24)35-6-3)28(33)32-31-17-19-7-11-25(26(14-19)34-5-2)37-18-21-8-10-22(29)16-23(21)30/h4,7-12,14-17H,1,5-6,13,18H2,2-3H3,(H,32,33)/b31-17+. The minimum atomic E-state index is -0.391. The van der Waals surface area contributed by atoms with Crippen LogP contribution in [0.5, 0.6) is 23.0 Å². The van der Waals surface area contributed by atoms with Crippen LogP contribution >= 0.6 is 23.2 Å². The first-order valence-corrected chi connectivity index (χ1v) is 12.4. The third-order valence-corrected chi connectivity index (χ3v) is 5.49. The van der Waals surface area contributed by atoms with E-state index in [0.29, 0.717) is 64.0 Å². The molecule has 0 fully saturated rings. The first-order chi connectivity index (χ1) is 17.9. The Kier molecular flexibility index (Phi) is 10.7. The molecular formula is C28H28Cl2N2O5. The van der Waals surface area contributed by atoms with Gasteiger partial charge in [0.25, 0.3) is 5.91 Å². The number of hydrazone groups is 1. The fourth-order valence-electron chi connectivity index (χ4n) is 3.20. The second-order valence-electron chi connectivity index (χ2n) is 7.56. The van der Waals surface area contributed by atoms with Gasteiger partial charge in [-0.15, -0.1) is 0 Å². The van der Waals surface area contributed by atoms with Gasteiger partial charge in [0.2, 0.25) is 0 Å². The average molecular weight is 543 g/mol. The summed E-state index contributed by atoms with van der Waals surface area (Å²) in [4.78, 5) is 12.6. The van der Waals surface area contributed by atoms with Crippen LogP contribution in [0.25, 0.3) is 0 Å². The molecule has 7 nitrogen and oxygen atoms in total. The molecule has 0 aliphatic heterocycles. The van der Waals surface area contributed by atoms with E-state index in [4.69, 9.17) is 42.1 Å². The molecule has 0 radical (unpaired) electrons. The molecule has 0 aliphatic rings. The Balaban J connectivity index is 1.67. The molecule has 3 aromatic carbocycles. The van der Waals surface area contributed by atoms with Gasteiger partial charge in [-0.25, -0.2) is 5.43 Å². The zero-order valence-corrected chi connectivity index (χ0v) is 22.1. The van der Waals surface area contributed by atoms with Crippen molar-refractivity contribution in [2.45, 2.75) is 20.5 Å². The van der Waals surface area contributed by atoms with Gasteiger partial charge in [-0.1, -0.05) is 41.9 Å². The summed E-state index contributed by atoms with van der Waals surface area (Å²) in [6, 6.07) is 15.5. The number of hydrogen-bond donors (Lipinski definition) is 1. The molecule has 3 aromatic rings. The lowest BCUT2D eigenvalue weighted by Gasteiger charge is -2.13. The summed E-state index contributed by atoms with van der Waals surface area (Å²) in [5.74, 6) is 1.71. The van der Waals surface area contributed by atoms with Crippen LogP contribution in [0.15, 0.2) is 72.4 Å².